The second-order valence-corrected chi connectivity index (χ2v) is 4.68. The van der Waals surface area contributed by atoms with Crippen LogP contribution in [0, 0.1) is 6.92 Å². The molecule has 106 valence electrons. The van der Waals surface area contributed by atoms with E-state index >= 15 is 0 Å². The number of nitrogens with one attached hydrogen (secondary N) is 1. The first-order valence-corrected chi connectivity index (χ1v) is 6.75. The largest absolute Gasteiger partial charge is 0.483 e. The quantitative estimate of drug-likeness (QED) is 0.796. The fraction of sp³-hybridized carbons (Fsp3) is 0.188. The standard InChI is InChI=1S/C16H16N4O/c1-11-9-14(17-2)20-15(19-11)10-21-13-7-3-5-12-6-4-8-18-16(12)13/h3-9H,10H2,1-2H3,(H,17,19,20). The van der Waals surface area contributed by atoms with Crippen molar-refractivity contribution in [2.75, 3.05) is 12.4 Å². The molecule has 1 aromatic carbocycles. The second-order valence-electron chi connectivity index (χ2n) is 4.68. The van der Waals surface area contributed by atoms with Crippen LogP contribution < -0.4 is 10.1 Å². The van der Waals surface area contributed by atoms with Crippen LogP contribution in [0.2, 0.25) is 0 Å². The summed E-state index contributed by atoms with van der Waals surface area (Å²) in [6, 6.07) is 11.7. The molecule has 0 saturated heterocycles. The Bertz CT molecular complexity index is 768. The first-order chi connectivity index (χ1) is 10.3. The van der Waals surface area contributed by atoms with Gasteiger partial charge >= 0.3 is 0 Å². The smallest absolute Gasteiger partial charge is 0.168 e. The highest BCUT2D eigenvalue weighted by molar-refractivity contribution is 5.84. The molecule has 0 saturated carbocycles. The summed E-state index contributed by atoms with van der Waals surface area (Å²) in [4.78, 5) is 13.1. The predicted octanol–water partition coefficient (Wildman–Crippen LogP) is 2.95. The summed E-state index contributed by atoms with van der Waals surface area (Å²) in [5.41, 5.74) is 1.76. The molecule has 2 heterocycles. The fourth-order valence-corrected chi connectivity index (χ4v) is 2.16. The number of anilines is 1. The summed E-state index contributed by atoms with van der Waals surface area (Å²) in [6.07, 6.45) is 1.76. The fourth-order valence-electron chi connectivity index (χ4n) is 2.16. The topological polar surface area (TPSA) is 59.9 Å². The highest BCUT2D eigenvalue weighted by atomic mass is 16.5. The van der Waals surface area contributed by atoms with Crippen LogP contribution in [0.25, 0.3) is 10.9 Å². The monoisotopic (exact) mass is 280 g/mol. The van der Waals surface area contributed by atoms with Gasteiger partial charge in [-0.25, -0.2) is 9.97 Å². The van der Waals surface area contributed by atoms with Gasteiger partial charge in [-0.05, 0) is 19.1 Å². The Morgan fingerprint density at radius 3 is 2.86 bits per heavy atom. The van der Waals surface area contributed by atoms with Gasteiger partial charge in [0.15, 0.2) is 5.82 Å². The number of ether oxygens (including phenoxy) is 1. The molecule has 0 spiro atoms. The van der Waals surface area contributed by atoms with E-state index in [9.17, 15) is 0 Å². The van der Waals surface area contributed by atoms with Gasteiger partial charge < -0.3 is 10.1 Å². The average molecular weight is 280 g/mol. The Kier molecular flexibility index (Phi) is 3.64. The maximum Gasteiger partial charge on any atom is 0.168 e. The molecule has 0 aliphatic heterocycles. The summed E-state index contributed by atoms with van der Waals surface area (Å²) < 4.78 is 5.84. The molecule has 21 heavy (non-hydrogen) atoms. The van der Waals surface area contributed by atoms with E-state index < -0.39 is 0 Å². The third kappa shape index (κ3) is 2.91. The third-order valence-electron chi connectivity index (χ3n) is 3.11. The van der Waals surface area contributed by atoms with Crippen LogP contribution in [-0.4, -0.2) is 22.0 Å². The van der Waals surface area contributed by atoms with Crippen LogP contribution >= 0.6 is 0 Å². The van der Waals surface area contributed by atoms with E-state index in [4.69, 9.17) is 4.74 Å². The Morgan fingerprint density at radius 2 is 2.00 bits per heavy atom. The molecule has 0 aliphatic carbocycles. The first-order valence-electron chi connectivity index (χ1n) is 6.75. The minimum absolute atomic E-state index is 0.312. The number of aromatic nitrogens is 3. The number of hydrogen-bond acceptors (Lipinski definition) is 5. The molecule has 0 radical (unpaired) electrons. The SMILES string of the molecule is CNc1cc(C)nc(COc2cccc3cccnc23)n1. The molecular formula is C16H16N4O. The molecule has 0 unspecified atom stereocenters. The lowest BCUT2D eigenvalue weighted by atomic mass is 10.2. The molecule has 0 aliphatic rings. The van der Waals surface area contributed by atoms with Crippen molar-refractivity contribution < 1.29 is 4.74 Å². The summed E-state index contributed by atoms with van der Waals surface area (Å²) in [5, 5.41) is 4.07. The Balaban J connectivity index is 1.85. The Morgan fingerprint density at radius 1 is 1.14 bits per heavy atom. The highest BCUT2D eigenvalue weighted by Gasteiger charge is 2.06. The number of fused-ring (bicyclic) bond motifs is 1. The first kappa shape index (κ1) is 13.3. The Labute approximate surface area is 123 Å². The lowest BCUT2D eigenvalue weighted by molar-refractivity contribution is 0.299. The van der Waals surface area contributed by atoms with Gasteiger partial charge in [0.1, 0.15) is 23.7 Å². The van der Waals surface area contributed by atoms with Crippen molar-refractivity contribution in [1.82, 2.24) is 15.0 Å². The van der Waals surface area contributed by atoms with Gasteiger partial charge in [0.2, 0.25) is 0 Å². The maximum atomic E-state index is 5.84. The normalized spacial score (nSPS) is 10.6. The lowest BCUT2D eigenvalue weighted by Gasteiger charge is -2.09. The number of nitrogens with zero attached hydrogens (tertiary/aromatic N) is 3. The van der Waals surface area contributed by atoms with Crippen molar-refractivity contribution in [2.45, 2.75) is 13.5 Å². The summed E-state index contributed by atoms with van der Waals surface area (Å²) in [7, 11) is 1.83. The van der Waals surface area contributed by atoms with E-state index in [0.717, 1.165) is 28.2 Å². The molecule has 0 amide bonds. The summed E-state index contributed by atoms with van der Waals surface area (Å²) in [5.74, 6) is 2.17. The van der Waals surface area contributed by atoms with Crippen molar-refractivity contribution >= 4 is 16.7 Å². The average Bonchev–Trinajstić information content (AvgIpc) is 2.52. The molecule has 0 bridgehead atoms. The molecule has 3 aromatic rings. The van der Waals surface area contributed by atoms with Crippen LogP contribution in [0.15, 0.2) is 42.6 Å². The molecule has 5 nitrogen and oxygen atoms in total. The zero-order valence-corrected chi connectivity index (χ0v) is 12.0. The summed E-state index contributed by atoms with van der Waals surface area (Å²) in [6.45, 7) is 2.25. The van der Waals surface area contributed by atoms with Crippen molar-refractivity contribution in [1.29, 1.82) is 0 Å². The van der Waals surface area contributed by atoms with Crippen LogP contribution in [-0.2, 0) is 6.61 Å². The van der Waals surface area contributed by atoms with Crippen molar-refractivity contribution in [3.8, 4) is 5.75 Å². The van der Waals surface area contributed by atoms with Crippen LogP contribution in [0.5, 0.6) is 5.75 Å². The molecule has 5 heteroatoms. The second kappa shape index (κ2) is 5.75. The van der Waals surface area contributed by atoms with E-state index in [1.165, 1.54) is 0 Å². The zero-order valence-electron chi connectivity index (χ0n) is 12.0. The number of benzene rings is 1. The number of hydrogen-bond donors (Lipinski definition) is 1. The van der Waals surface area contributed by atoms with Gasteiger partial charge in [0, 0.05) is 30.4 Å². The van der Waals surface area contributed by atoms with E-state index in [1.54, 1.807) is 6.20 Å². The minimum Gasteiger partial charge on any atom is -0.483 e. The van der Waals surface area contributed by atoms with Crippen LogP contribution in [0.3, 0.4) is 0 Å². The molecule has 2 aromatic heterocycles. The molecule has 1 N–H and O–H groups in total. The molecule has 0 fully saturated rings. The number of rotatable bonds is 4. The van der Waals surface area contributed by atoms with E-state index in [2.05, 4.69) is 20.3 Å². The van der Waals surface area contributed by atoms with E-state index in [1.807, 2.05) is 50.4 Å². The lowest BCUT2D eigenvalue weighted by Crippen LogP contribution is -2.05. The van der Waals surface area contributed by atoms with Crippen molar-refractivity contribution in [2.24, 2.45) is 0 Å². The predicted molar refractivity (Wildman–Crippen MR) is 82.4 cm³/mol. The van der Waals surface area contributed by atoms with E-state index in [0.29, 0.717) is 12.4 Å². The van der Waals surface area contributed by atoms with Crippen LogP contribution in [0.1, 0.15) is 11.5 Å². The van der Waals surface area contributed by atoms with E-state index in [-0.39, 0.29) is 0 Å². The van der Waals surface area contributed by atoms with Gasteiger partial charge in [0.05, 0.1) is 0 Å². The molecule has 0 atom stereocenters. The van der Waals surface area contributed by atoms with Crippen LogP contribution in [0.4, 0.5) is 5.82 Å². The zero-order chi connectivity index (χ0) is 14.7. The summed E-state index contributed by atoms with van der Waals surface area (Å²) >= 11 is 0. The number of para-hydroxylation sites is 1. The van der Waals surface area contributed by atoms with Gasteiger partial charge in [-0.15, -0.1) is 0 Å². The number of aryl methyl sites for hydroxylation is 1. The van der Waals surface area contributed by atoms with Crippen molar-refractivity contribution in [3.63, 3.8) is 0 Å². The molecule has 3 rings (SSSR count). The van der Waals surface area contributed by atoms with Gasteiger partial charge in [0.25, 0.3) is 0 Å². The van der Waals surface area contributed by atoms with Gasteiger partial charge in [-0.3, -0.25) is 4.98 Å². The van der Waals surface area contributed by atoms with Crippen molar-refractivity contribution in [3.05, 3.63) is 54.1 Å². The highest BCUT2D eigenvalue weighted by Crippen LogP contribution is 2.23. The Hall–Kier alpha value is -2.69. The third-order valence-corrected chi connectivity index (χ3v) is 3.11. The molecular weight excluding hydrogens is 264 g/mol. The minimum atomic E-state index is 0.312. The van der Waals surface area contributed by atoms with Gasteiger partial charge in [-0.1, -0.05) is 18.2 Å². The maximum absolute atomic E-state index is 5.84. The van der Waals surface area contributed by atoms with Gasteiger partial charge in [-0.2, -0.15) is 0 Å². The number of pyridine rings is 1.